The second kappa shape index (κ2) is 11.5. The van der Waals surface area contributed by atoms with Crippen molar-refractivity contribution in [1.82, 2.24) is 5.32 Å². The molecular formula is C26H22ClF8NO2. The summed E-state index contributed by atoms with van der Waals surface area (Å²) in [5.74, 6) is -4.59. The molecule has 0 saturated carbocycles. The van der Waals surface area contributed by atoms with Crippen molar-refractivity contribution in [2.24, 2.45) is 0 Å². The van der Waals surface area contributed by atoms with Crippen LogP contribution in [0.1, 0.15) is 35.2 Å². The average Bonchev–Trinajstić information content (AvgIpc) is 2.84. The van der Waals surface area contributed by atoms with Crippen LogP contribution in [0.4, 0.5) is 35.1 Å². The van der Waals surface area contributed by atoms with Crippen molar-refractivity contribution >= 4 is 11.6 Å². The van der Waals surface area contributed by atoms with Crippen molar-refractivity contribution in [2.75, 3.05) is 6.54 Å². The van der Waals surface area contributed by atoms with Crippen LogP contribution in [-0.4, -0.2) is 30.1 Å². The Morgan fingerprint density at radius 2 is 1.45 bits per heavy atom. The average molecular weight is 568 g/mol. The van der Waals surface area contributed by atoms with Crippen molar-refractivity contribution in [3.05, 3.63) is 94.0 Å². The largest absolute Gasteiger partial charge is 0.458 e. The molecule has 3 nitrogen and oxygen atoms in total. The molecule has 12 heteroatoms. The third-order valence-electron chi connectivity index (χ3n) is 5.66. The summed E-state index contributed by atoms with van der Waals surface area (Å²) in [6.07, 6.45) is -13.1. The number of halogens is 9. The number of aliphatic hydroxyl groups excluding tert-OH is 1. The minimum Gasteiger partial charge on any atom is -0.457 e. The van der Waals surface area contributed by atoms with E-state index in [1.165, 1.54) is 30.3 Å². The van der Waals surface area contributed by atoms with Crippen molar-refractivity contribution in [3.63, 3.8) is 0 Å². The second-order valence-corrected chi connectivity index (χ2v) is 8.78. The third kappa shape index (κ3) is 6.95. The van der Waals surface area contributed by atoms with Gasteiger partial charge in [0, 0.05) is 17.1 Å². The molecular weight excluding hydrogens is 546 g/mol. The maximum absolute atomic E-state index is 14.0. The molecule has 206 valence electrons. The standard InChI is InChI=1S/C26H22ClF8NO2/c1-2-15-12-20(9-10-21(15)27)38-19-8-4-6-17(13-19)23(36-14-22(37)25(30,31)32)16-5-3-7-18(11-16)24(28,29)26(33,34)35/h3-13,22-23,36-37H,2,14H2,1H3/t22-,23-/m1/s1. The van der Waals surface area contributed by atoms with E-state index >= 15 is 0 Å². The highest BCUT2D eigenvalue weighted by molar-refractivity contribution is 6.31. The zero-order chi connectivity index (χ0) is 28.3. The molecule has 0 unspecified atom stereocenters. The van der Waals surface area contributed by atoms with Crippen LogP contribution in [0, 0.1) is 0 Å². The summed E-state index contributed by atoms with van der Waals surface area (Å²) in [5.41, 5.74) is -0.582. The highest BCUT2D eigenvalue weighted by atomic mass is 35.5. The summed E-state index contributed by atoms with van der Waals surface area (Å²) in [6, 6.07) is 12.7. The summed E-state index contributed by atoms with van der Waals surface area (Å²) in [7, 11) is 0. The first kappa shape index (κ1) is 29.7. The predicted octanol–water partition coefficient (Wildman–Crippen LogP) is 7.95. The van der Waals surface area contributed by atoms with Crippen LogP contribution in [0.3, 0.4) is 0 Å². The molecule has 0 bridgehead atoms. The number of hydrogen-bond acceptors (Lipinski definition) is 3. The summed E-state index contributed by atoms with van der Waals surface area (Å²) >= 11 is 6.11. The Hall–Kier alpha value is -2.89. The van der Waals surface area contributed by atoms with E-state index < -0.39 is 42.5 Å². The highest BCUT2D eigenvalue weighted by Crippen LogP contribution is 2.44. The van der Waals surface area contributed by atoms with Gasteiger partial charge < -0.3 is 15.2 Å². The van der Waals surface area contributed by atoms with Crippen LogP contribution in [0.5, 0.6) is 11.5 Å². The molecule has 0 fully saturated rings. The van der Waals surface area contributed by atoms with Gasteiger partial charge in [0.2, 0.25) is 0 Å². The third-order valence-corrected chi connectivity index (χ3v) is 6.03. The summed E-state index contributed by atoms with van der Waals surface area (Å²) in [6.45, 7) is 0.823. The van der Waals surface area contributed by atoms with E-state index in [1.54, 1.807) is 18.2 Å². The first-order valence-corrected chi connectivity index (χ1v) is 11.6. The van der Waals surface area contributed by atoms with Gasteiger partial charge in [-0.1, -0.05) is 48.9 Å². The molecule has 0 amide bonds. The van der Waals surface area contributed by atoms with Gasteiger partial charge in [0.1, 0.15) is 11.5 Å². The Labute approximate surface area is 218 Å². The minimum absolute atomic E-state index is 0.183. The normalized spacial score (nSPS) is 14.3. The first-order chi connectivity index (χ1) is 17.6. The zero-order valence-corrected chi connectivity index (χ0v) is 20.4. The van der Waals surface area contributed by atoms with Crippen LogP contribution >= 0.6 is 11.6 Å². The number of rotatable bonds is 9. The zero-order valence-electron chi connectivity index (χ0n) is 19.7. The van der Waals surface area contributed by atoms with Crippen LogP contribution in [0.2, 0.25) is 5.02 Å². The lowest BCUT2D eigenvalue weighted by atomic mass is 9.95. The van der Waals surface area contributed by atoms with Gasteiger partial charge in [-0.05, 0) is 59.5 Å². The lowest BCUT2D eigenvalue weighted by Crippen LogP contribution is -2.40. The topological polar surface area (TPSA) is 41.5 Å². The van der Waals surface area contributed by atoms with Gasteiger partial charge in [-0.2, -0.15) is 35.1 Å². The molecule has 0 aliphatic carbocycles. The first-order valence-electron chi connectivity index (χ1n) is 11.2. The molecule has 2 atom stereocenters. The lowest BCUT2D eigenvalue weighted by Gasteiger charge is -2.25. The van der Waals surface area contributed by atoms with Crippen molar-refractivity contribution < 1.29 is 45.0 Å². The fourth-order valence-corrected chi connectivity index (χ4v) is 3.88. The Morgan fingerprint density at radius 3 is 2.05 bits per heavy atom. The Balaban J connectivity index is 2.00. The fourth-order valence-electron chi connectivity index (χ4n) is 3.63. The van der Waals surface area contributed by atoms with E-state index in [0.29, 0.717) is 29.3 Å². The van der Waals surface area contributed by atoms with Crippen molar-refractivity contribution in [1.29, 1.82) is 0 Å². The van der Waals surface area contributed by atoms with Gasteiger partial charge in [0.25, 0.3) is 0 Å². The number of nitrogens with one attached hydrogen (secondary N) is 1. The van der Waals surface area contributed by atoms with Gasteiger partial charge in [-0.25, -0.2) is 0 Å². The molecule has 3 aromatic carbocycles. The SMILES string of the molecule is CCc1cc(Oc2cccc([C@H](NC[C@@H](O)C(F)(F)F)c3cccc(C(F)(F)C(F)(F)F)c3)c2)ccc1Cl. The van der Waals surface area contributed by atoms with Gasteiger partial charge in [0.05, 0.1) is 6.04 Å². The smallest absolute Gasteiger partial charge is 0.457 e. The predicted molar refractivity (Wildman–Crippen MR) is 126 cm³/mol. The number of ether oxygens (including phenoxy) is 1. The van der Waals surface area contributed by atoms with E-state index in [0.717, 1.165) is 11.6 Å². The van der Waals surface area contributed by atoms with E-state index in [1.807, 2.05) is 6.92 Å². The molecule has 3 aromatic rings. The lowest BCUT2D eigenvalue weighted by molar-refractivity contribution is -0.289. The molecule has 2 N–H and O–H groups in total. The van der Waals surface area contributed by atoms with Crippen molar-refractivity contribution in [3.8, 4) is 11.5 Å². The Bertz CT molecular complexity index is 1250. The van der Waals surface area contributed by atoms with E-state index in [-0.39, 0.29) is 16.9 Å². The maximum Gasteiger partial charge on any atom is 0.458 e. The van der Waals surface area contributed by atoms with E-state index in [4.69, 9.17) is 16.3 Å². The molecule has 0 radical (unpaired) electrons. The van der Waals surface area contributed by atoms with Crippen molar-refractivity contribution in [2.45, 2.75) is 43.8 Å². The highest BCUT2D eigenvalue weighted by Gasteiger charge is 2.58. The maximum atomic E-state index is 14.0. The van der Waals surface area contributed by atoms with Gasteiger partial charge in [0.15, 0.2) is 6.10 Å². The Morgan fingerprint density at radius 1 is 0.842 bits per heavy atom. The van der Waals surface area contributed by atoms with E-state index in [9.17, 15) is 40.2 Å². The van der Waals surface area contributed by atoms with Gasteiger partial charge in [-0.15, -0.1) is 0 Å². The number of benzene rings is 3. The van der Waals surface area contributed by atoms with Crippen LogP contribution in [-0.2, 0) is 12.3 Å². The Kier molecular flexibility index (Phi) is 8.95. The monoisotopic (exact) mass is 567 g/mol. The van der Waals surface area contributed by atoms with Gasteiger partial charge in [-0.3, -0.25) is 0 Å². The number of aryl methyl sites for hydroxylation is 1. The summed E-state index contributed by atoms with van der Waals surface area (Å²) in [4.78, 5) is 0. The fraction of sp³-hybridized carbons (Fsp3) is 0.308. The molecule has 3 rings (SSSR count). The molecule has 0 spiro atoms. The molecule has 0 aliphatic heterocycles. The molecule has 0 aromatic heterocycles. The van der Waals surface area contributed by atoms with Crippen LogP contribution in [0.15, 0.2) is 66.7 Å². The summed E-state index contributed by atoms with van der Waals surface area (Å²) in [5, 5.41) is 12.4. The molecule has 0 saturated heterocycles. The molecule has 38 heavy (non-hydrogen) atoms. The van der Waals surface area contributed by atoms with Crippen LogP contribution in [0.25, 0.3) is 0 Å². The molecule has 0 heterocycles. The van der Waals surface area contributed by atoms with E-state index in [2.05, 4.69) is 5.32 Å². The van der Waals surface area contributed by atoms with Crippen LogP contribution < -0.4 is 10.1 Å². The second-order valence-electron chi connectivity index (χ2n) is 8.38. The summed E-state index contributed by atoms with van der Waals surface area (Å²) < 4.78 is 111. The molecule has 0 aliphatic rings. The quantitative estimate of drug-likeness (QED) is 0.258. The number of aliphatic hydroxyl groups is 1. The number of alkyl halides is 8. The van der Waals surface area contributed by atoms with Gasteiger partial charge >= 0.3 is 18.3 Å². The minimum atomic E-state index is -5.88. The number of hydrogen-bond donors (Lipinski definition) is 2.